The van der Waals surface area contributed by atoms with E-state index in [0.29, 0.717) is 12.2 Å². The van der Waals surface area contributed by atoms with E-state index in [1.54, 1.807) is 12.1 Å². The van der Waals surface area contributed by atoms with E-state index in [-0.39, 0.29) is 5.91 Å². The second-order valence-corrected chi connectivity index (χ2v) is 4.11. The monoisotopic (exact) mass is 221 g/mol. The summed E-state index contributed by atoms with van der Waals surface area (Å²) in [5.41, 5.74) is 2.32. The molecule has 0 aliphatic rings. The average Bonchev–Trinajstić information content (AvgIpc) is 2.23. The van der Waals surface area contributed by atoms with Crippen LogP contribution in [0, 0.1) is 13.8 Å². The number of anilines is 1. The molecular weight excluding hydrogens is 202 g/mol. The van der Waals surface area contributed by atoms with Crippen LogP contribution in [0.1, 0.15) is 37.3 Å². The van der Waals surface area contributed by atoms with Crippen molar-refractivity contribution < 1.29 is 9.90 Å². The van der Waals surface area contributed by atoms with E-state index in [4.69, 9.17) is 0 Å². The van der Waals surface area contributed by atoms with E-state index in [2.05, 4.69) is 12.2 Å². The highest BCUT2D eigenvalue weighted by Crippen LogP contribution is 2.25. The zero-order valence-electron chi connectivity index (χ0n) is 10.1. The molecule has 0 spiro atoms. The Bertz CT molecular complexity index is 363. The van der Waals surface area contributed by atoms with Gasteiger partial charge in [0.15, 0.2) is 0 Å². The van der Waals surface area contributed by atoms with E-state index < -0.39 is 0 Å². The van der Waals surface area contributed by atoms with Gasteiger partial charge < -0.3 is 10.4 Å². The van der Waals surface area contributed by atoms with E-state index >= 15 is 0 Å². The van der Waals surface area contributed by atoms with Gasteiger partial charge in [0.05, 0.1) is 0 Å². The second-order valence-electron chi connectivity index (χ2n) is 4.11. The standard InChI is InChI=1S/C13H19NO2/c1-4-5-6-12(15)14-11-7-9(2)13(16)10(3)8-11/h7-8,16H,4-6H2,1-3H3,(H,14,15). The number of nitrogens with one attached hydrogen (secondary N) is 1. The third-order valence-electron chi connectivity index (χ3n) is 2.53. The Morgan fingerprint density at radius 1 is 1.31 bits per heavy atom. The molecule has 1 rings (SSSR count). The molecule has 0 heterocycles. The first kappa shape index (κ1) is 12.6. The third kappa shape index (κ3) is 3.26. The number of phenols is 1. The van der Waals surface area contributed by atoms with Gasteiger partial charge in [-0.15, -0.1) is 0 Å². The van der Waals surface area contributed by atoms with Crippen molar-refractivity contribution in [3.05, 3.63) is 23.3 Å². The van der Waals surface area contributed by atoms with Crippen LogP contribution in [0.2, 0.25) is 0 Å². The van der Waals surface area contributed by atoms with Crippen LogP contribution < -0.4 is 5.32 Å². The van der Waals surface area contributed by atoms with Gasteiger partial charge in [-0.1, -0.05) is 13.3 Å². The van der Waals surface area contributed by atoms with Crippen molar-refractivity contribution in [2.75, 3.05) is 5.32 Å². The summed E-state index contributed by atoms with van der Waals surface area (Å²) in [7, 11) is 0. The maximum Gasteiger partial charge on any atom is 0.224 e. The first-order valence-corrected chi connectivity index (χ1v) is 5.64. The predicted octanol–water partition coefficient (Wildman–Crippen LogP) is 3.14. The van der Waals surface area contributed by atoms with Crippen LogP contribution in [0.3, 0.4) is 0 Å². The Hall–Kier alpha value is -1.51. The Morgan fingerprint density at radius 3 is 2.38 bits per heavy atom. The minimum Gasteiger partial charge on any atom is -0.507 e. The van der Waals surface area contributed by atoms with Gasteiger partial charge in [-0.3, -0.25) is 4.79 Å². The summed E-state index contributed by atoms with van der Waals surface area (Å²) in [6.07, 6.45) is 2.47. The number of aromatic hydroxyl groups is 1. The van der Waals surface area contributed by atoms with Crippen LogP contribution in [-0.4, -0.2) is 11.0 Å². The minimum absolute atomic E-state index is 0.0336. The number of amides is 1. The summed E-state index contributed by atoms with van der Waals surface area (Å²) in [4.78, 5) is 11.5. The fourth-order valence-electron chi connectivity index (χ4n) is 1.59. The molecule has 16 heavy (non-hydrogen) atoms. The third-order valence-corrected chi connectivity index (χ3v) is 2.53. The summed E-state index contributed by atoms with van der Waals surface area (Å²) in [5.74, 6) is 0.331. The fourth-order valence-corrected chi connectivity index (χ4v) is 1.59. The molecular formula is C13H19NO2. The lowest BCUT2D eigenvalue weighted by Crippen LogP contribution is -2.11. The summed E-state index contributed by atoms with van der Waals surface area (Å²) in [6, 6.07) is 3.57. The van der Waals surface area contributed by atoms with Crippen molar-refractivity contribution in [3.8, 4) is 5.75 Å². The number of unbranched alkanes of at least 4 members (excludes halogenated alkanes) is 1. The highest BCUT2D eigenvalue weighted by molar-refractivity contribution is 5.91. The molecule has 0 bridgehead atoms. The number of benzene rings is 1. The smallest absolute Gasteiger partial charge is 0.224 e. The van der Waals surface area contributed by atoms with Gasteiger partial charge in [-0.05, 0) is 43.5 Å². The number of carbonyl (C=O) groups is 1. The molecule has 0 aliphatic heterocycles. The number of hydrogen-bond acceptors (Lipinski definition) is 2. The van der Waals surface area contributed by atoms with Crippen LogP contribution in [-0.2, 0) is 4.79 Å². The van der Waals surface area contributed by atoms with E-state index in [1.165, 1.54) is 0 Å². The van der Waals surface area contributed by atoms with E-state index in [0.717, 1.165) is 29.7 Å². The molecule has 0 aromatic heterocycles. The lowest BCUT2D eigenvalue weighted by Gasteiger charge is -2.09. The number of rotatable bonds is 4. The van der Waals surface area contributed by atoms with Crippen molar-refractivity contribution in [1.82, 2.24) is 0 Å². The van der Waals surface area contributed by atoms with Crippen molar-refractivity contribution in [1.29, 1.82) is 0 Å². The largest absolute Gasteiger partial charge is 0.507 e. The number of carbonyl (C=O) groups excluding carboxylic acids is 1. The Morgan fingerprint density at radius 2 is 1.88 bits per heavy atom. The topological polar surface area (TPSA) is 49.3 Å². The quantitative estimate of drug-likeness (QED) is 0.767. The summed E-state index contributed by atoms with van der Waals surface area (Å²) in [5, 5.41) is 12.4. The highest BCUT2D eigenvalue weighted by Gasteiger charge is 2.06. The fraction of sp³-hybridized carbons (Fsp3) is 0.462. The molecule has 3 nitrogen and oxygen atoms in total. The SMILES string of the molecule is CCCCC(=O)Nc1cc(C)c(O)c(C)c1. The van der Waals surface area contributed by atoms with Crippen molar-refractivity contribution in [2.45, 2.75) is 40.0 Å². The molecule has 0 saturated heterocycles. The average molecular weight is 221 g/mol. The second kappa shape index (κ2) is 5.54. The van der Waals surface area contributed by atoms with E-state index in [1.807, 2.05) is 13.8 Å². The summed E-state index contributed by atoms with van der Waals surface area (Å²) < 4.78 is 0. The normalized spacial score (nSPS) is 10.2. The zero-order chi connectivity index (χ0) is 12.1. The molecule has 0 fully saturated rings. The predicted molar refractivity (Wildman–Crippen MR) is 65.7 cm³/mol. The Kier molecular flexibility index (Phi) is 4.35. The number of phenolic OH excluding ortho intramolecular Hbond substituents is 1. The van der Waals surface area contributed by atoms with Gasteiger partial charge in [-0.25, -0.2) is 0 Å². The maximum absolute atomic E-state index is 11.5. The number of aryl methyl sites for hydroxylation is 2. The van der Waals surface area contributed by atoms with Crippen LogP contribution in [0.5, 0.6) is 5.75 Å². The molecule has 3 heteroatoms. The van der Waals surface area contributed by atoms with Gasteiger partial charge in [0.2, 0.25) is 5.91 Å². The molecule has 1 aromatic carbocycles. The summed E-state index contributed by atoms with van der Waals surface area (Å²) >= 11 is 0. The molecule has 1 aromatic rings. The van der Waals surface area contributed by atoms with E-state index in [9.17, 15) is 9.90 Å². The molecule has 2 N–H and O–H groups in total. The van der Waals surface area contributed by atoms with Gasteiger partial charge >= 0.3 is 0 Å². The molecule has 0 unspecified atom stereocenters. The Labute approximate surface area is 96.5 Å². The lowest BCUT2D eigenvalue weighted by molar-refractivity contribution is -0.116. The Balaban J connectivity index is 2.71. The van der Waals surface area contributed by atoms with Gasteiger partial charge in [0.1, 0.15) is 5.75 Å². The first-order valence-electron chi connectivity index (χ1n) is 5.64. The van der Waals surface area contributed by atoms with Crippen LogP contribution in [0.15, 0.2) is 12.1 Å². The lowest BCUT2D eigenvalue weighted by atomic mass is 10.1. The van der Waals surface area contributed by atoms with Crippen molar-refractivity contribution in [3.63, 3.8) is 0 Å². The number of hydrogen-bond donors (Lipinski definition) is 2. The van der Waals surface area contributed by atoms with Gasteiger partial charge in [0.25, 0.3) is 0 Å². The molecule has 88 valence electrons. The zero-order valence-corrected chi connectivity index (χ0v) is 10.1. The highest BCUT2D eigenvalue weighted by atomic mass is 16.3. The van der Waals surface area contributed by atoms with Crippen LogP contribution in [0.25, 0.3) is 0 Å². The van der Waals surface area contributed by atoms with Crippen molar-refractivity contribution >= 4 is 11.6 Å². The summed E-state index contributed by atoms with van der Waals surface area (Å²) in [6.45, 7) is 5.70. The molecule has 0 radical (unpaired) electrons. The first-order chi connectivity index (χ1) is 7.54. The molecule has 0 saturated carbocycles. The van der Waals surface area contributed by atoms with Gasteiger partial charge in [-0.2, -0.15) is 0 Å². The molecule has 1 amide bonds. The maximum atomic E-state index is 11.5. The molecule has 0 atom stereocenters. The van der Waals surface area contributed by atoms with Crippen molar-refractivity contribution in [2.24, 2.45) is 0 Å². The molecule has 0 aliphatic carbocycles. The van der Waals surface area contributed by atoms with Crippen LogP contribution in [0.4, 0.5) is 5.69 Å². The minimum atomic E-state index is 0.0336. The van der Waals surface area contributed by atoms with Gasteiger partial charge in [0, 0.05) is 12.1 Å². The van der Waals surface area contributed by atoms with Crippen LogP contribution >= 0.6 is 0 Å².